The number of phenols is 1. The van der Waals surface area contributed by atoms with Crippen LogP contribution in [0.1, 0.15) is 11.3 Å². The first-order valence-corrected chi connectivity index (χ1v) is 10.5. The fourth-order valence-electron chi connectivity index (χ4n) is 3.32. The zero-order chi connectivity index (χ0) is 22.2. The van der Waals surface area contributed by atoms with E-state index in [1.54, 1.807) is 48.7 Å². The van der Waals surface area contributed by atoms with E-state index in [9.17, 15) is 5.11 Å². The maximum absolute atomic E-state index is 10.5. The van der Waals surface area contributed by atoms with Gasteiger partial charge >= 0.3 is 0 Å². The maximum Gasteiger partial charge on any atom is 0.231 e. The second-order valence-electron chi connectivity index (χ2n) is 7.28. The lowest BCUT2D eigenvalue weighted by atomic mass is 10.2. The molecule has 0 saturated carbocycles. The number of nitrogens with zero attached hydrogens (tertiary/aromatic N) is 2. The fourth-order valence-corrected chi connectivity index (χ4v) is 3.82. The Morgan fingerprint density at radius 3 is 2.56 bits per heavy atom. The van der Waals surface area contributed by atoms with E-state index in [0.717, 1.165) is 16.6 Å². The molecular weight excluding hydrogens is 447 g/mol. The Labute approximate surface area is 193 Å². The van der Waals surface area contributed by atoms with Crippen molar-refractivity contribution in [3.63, 3.8) is 0 Å². The normalized spacial score (nSPS) is 11.6. The smallest absolute Gasteiger partial charge is 0.231 e. The van der Waals surface area contributed by atoms with Crippen LogP contribution in [0.3, 0.4) is 0 Å². The van der Waals surface area contributed by atoms with Gasteiger partial charge in [-0.1, -0.05) is 29.3 Å². The summed E-state index contributed by atoms with van der Waals surface area (Å²) >= 11 is 12.2. The Hall–Kier alpha value is -3.54. The van der Waals surface area contributed by atoms with E-state index in [0.29, 0.717) is 44.3 Å². The molecule has 2 aromatic heterocycles. The number of aryl methyl sites for hydroxylation is 1. The largest absolute Gasteiger partial charge is 0.507 e. The van der Waals surface area contributed by atoms with Gasteiger partial charge in [0.15, 0.2) is 5.58 Å². The Balaban J connectivity index is 1.38. The molecule has 5 aromatic rings. The van der Waals surface area contributed by atoms with Gasteiger partial charge in [-0.05, 0) is 67.1 Å². The molecule has 0 spiro atoms. The van der Waals surface area contributed by atoms with E-state index in [-0.39, 0.29) is 5.75 Å². The number of oxazole rings is 1. The minimum atomic E-state index is 0.0241. The van der Waals surface area contributed by atoms with Crippen LogP contribution in [0.2, 0.25) is 10.0 Å². The third-order valence-corrected chi connectivity index (χ3v) is 5.47. The van der Waals surface area contributed by atoms with Gasteiger partial charge in [0.2, 0.25) is 5.89 Å². The minimum absolute atomic E-state index is 0.0241. The molecule has 0 fully saturated rings. The third kappa shape index (κ3) is 4.00. The lowest BCUT2D eigenvalue weighted by Crippen LogP contribution is -1.80. The molecule has 3 aromatic carbocycles. The zero-order valence-electron chi connectivity index (χ0n) is 16.8. The lowest BCUT2D eigenvalue weighted by molar-refractivity contribution is 0.474. The van der Waals surface area contributed by atoms with Crippen molar-refractivity contribution in [2.75, 3.05) is 0 Å². The van der Waals surface area contributed by atoms with Crippen LogP contribution in [0, 0.1) is 6.92 Å². The molecule has 32 heavy (non-hydrogen) atoms. The Morgan fingerprint density at radius 2 is 1.75 bits per heavy atom. The molecule has 0 bridgehead atoms. The molecule has 0 aliphatic carbocycles. The standard InChI is InChI=1S/C25H16Cl2N2O3/c1-14-2-8-21-24(10-14)32-25(29-21)19-7-4-16(12-22(19)30)28-13-17-5-9-23(31-17)18-6-3-15(26)11-20(18)27/h2-13,30H,1H3. The molecule has 5 nitrogen and oxygen atoms in total. The van der Waals surface area contributed by atoms with Gasteiger partial charge in [-0.25, -0.2) is 4.98 Å². The summed E-state index contributed by atoms with van der Waals surface area (Å²) in [6.45, 7) is 1.98. The summed E-state index contributed by atoms with van der Waals surface area (Å²) < 4.78 is 11.6. The van der Waals surface area contributed by atoms with Gasteiger partial charge in [0.1, 0.15) is 22.8 Å². The van der Waals surface area contributed by atoms with Crippen LogP contribution in [0.5, 0.6) is 5.75 Å². The quantitative estimate of drug-likeness (QED) is 0.276. The lowest BCUT2D eigenvalue weighted by Gasteiger charge is -2.01. The first-order chi connectivity index (χ1) is 15.5. The Kier molecular flexibility index (Phi) is 5.21. The summed E-state index contributed by atoms with van der Waals surface area (Å²) in [5, 5.41) is 11.6. The van der Waals surface area contributed by atoms with Crippen LogP contribution in [0.4, 0.5) is 5.69 Å². The molecule has 2 heterocycles. The monoisotopic (exact) mass is 462 g/mol. The van der Waals surface area contributed by atoms with Gasteiger partial charge in [0, 0.05) is 16.7 Å². The van der Waals surface area contributed by atoms with Gasteiger partial charge < -0.3 is 13.9 Å². The molecule has 7 heteroatoms. The molecule has 0 saturated heterocycles. The van der Waals surface area contributed by atoms with Gasteiger partial charge in [-0.2, -0.15) is 0 Å². The summed E-state index contributed by atoms with van der Waals surface area (Å²) in [6, 6.07) is 19.6. The van der Waals surface area contributed by atoms with Gasteiger partial charge in [-0.3, -0.25) is 4.99 Å². The van der Waals surface area contributed by atoms with E-state index >= 15 is 0 Å². The number of benzene rings is 3. The average molecular weight is 463 g/mol. The van der Waals surface area contributed by atoms with Crippen LogP contribution in [-0.4, -0.2) is 16.3 Å². The molecule has 5 rings (SSSR count). The molecular formula is C25H16Cl2N2O3. The number of fused-ring (bicyclic) bond motifs is 1. The van der Waals surface area contributed by atoms with Crippen LogP contribution in [-0.2, 0) is 0 Å². The Bertz CT molecular complexity index is 1480. The van der Waals surface area contributed by atoms with Crippen molar-refractivity contribution < 1.29 is 13.9 Å². The van der Waals surface area contributed by atoms with Gasteiger partial charge in [0.25, 0.3) is 0 Å². The molecule has 0 atom stereocenters. The maximum atomic E-state index is 10.5. The molecule has 0 aliphatic heterocycles. The molecule has 0 aliphatic rings. The predicted octanol–water partition coefficient (Wildman–Crippen LogP) is 7.83. The summed E-state index contributed by atoms with van der Waals surface area (Å²) in [5.41, 5.74) is 4.29. The number of hydrogen-bond donors (Lipinski definition) is 1. The highest BCUT2D eigenvalue weighted by atomic mass is 35.5. The highest BCUT2D eigenvalue weighted by Crippen LogP contribution is 2.34. The SMILES string of the molecule is Cc1ccc2nc(-c3ccc(N=Cc4ccc(-c5ccc(Cl)cc5Cl)o4)cc3O)oc2c1. The summed E-state index contributed by atoms with van der Waals surface area (Å²) in [5.74, 6) is 1.53. The van der Waals surface area contributed by atoms with Crippen molar-refractivity contribution in [3.8, 4) is 28.5 Å². The number of aliphatic imine (C=N–C) groups is 1. The highest BCUT2D eigenvalue weighted by Gasteiger charge is 2.13. The molecule has 1 N–H and O–H groups in total. The van der Waals surface area contributed by atoms with Crippen LogP contribution in [0.15, 0.2) is 80.6 Å². The summed E-state index contributed by atoms with van der Waals surface area (Å²) in [6.07, 6.45) is 1.57. The van der Waals surface area contributed by atoms with E-state index in [4.69, 9.17) is 32.0 Å². The third-order valence-electron chi connectivity index (χ3n) is 4.92. The topological polar surface area (TPSA) is 71.8 Å². The van der Waals surface area contributed by atoms with E-state index < -0.39 is 0 Å². The second kappa shape index (κ2) is 8.19. The number of rotatable bonds is 4. The average Bonchev–Trinajstić information content (AvgIpc) is 3.39. The van der Waals surface area contributed by atoms with Crippen LogP contribution in [0.25, 0.3) is 33.9 Å². The molecule has 158 valence electrons. The summed E-state index contributed by atoms with van der Waals surface area (Å²) in [7, 11) is 0. The van der Waals surface area contributed by atoms with Crippen LogP contribution < -0.4 is 0 Å². The second-order valence-corrected chi connectivity index (χ2v) is 8.12. The number of aromatic nitrogens is 1. The molecule has 0 unspecified atom stereocenters. The number of aromatic hydroxyl groups is 1. The zero-order valence-corrected chi connectivity index (χ0v) is 18.4. The van der Waals surface area contributed by atoms with Crippen molar-refractivity contribution in [1.29, 1.82) is 0 Å². The Morgan fingerprint density at radius 1 is 0.906 bits per heavy atom. The van der Waals surface area contributed by atoms with E-state index in [1.165, 1.54) is 0 Å². The van der Waals surface area contributed by atoms with Crippen molar-refractivity contribution in [2.24, 2.45) is 4.99 Å². The first kappa shape index (κ1) is 20.4. The number of hydrogen-bond acceptors (Lipinski definition) is 5. The number of phenolic OH excluding ortho intramolecular Hbond substituents is 1. The van der Waals surface area contributed by atoms with Gasteiger partial charge in [0.05, 0.1) is 22.5 Å². The highest BCUT2D eigenvalue weighted by molar-refractivity contribution is 6.36. The van der Waals surface area contributed by atoms with Crippen molar-refractivity contribution in [3.05, 3.63) is 88.1 Å². The van der Waals surface area contributed by atoms with Crippen molar-refractivity contribution >= 4 is 46.2 Å². The summed E-state index contributed by atoms with van der Waals surface area (Å²) in [4.78, 5) is 8.84. The number of halogens is 2. The van der Waals surface area contributed by atoms with E-state index in [2.05, 4.69) is 9.98 Å². The first-order valence-electron chi connectivity index (χ1n) is 9.76. The van der Waals surface area contributed by atoms with Crippen LogP contribution >= 0.6 is 23.2 Å². The predicted molar refractivity (Wildman–Crippen MR) is 127 cm³/mol. The van der Waals surface area contributed by atoms with Crippen molar-refractivity contribution in [1.82, 2.24) is 4.98 Å². The van der Waals surface area contributed by atoms with Crippen molar-refractivity contribution in [2.45, 2.75) is 6.92 Å². The van der Waals surface area contributed by atoms with Gasteiger partial charge in [-0.15, -0.1) is 0 Å². The number of furan rings is 1. The molecule has 0 amide bonds. The van der Waals surface area contributed by atoms with E-state index in [1.807, 2.05) is 31.2 Å². The fraction of sp³-hybridized carbons (Fsp3) is 0.0400. The molecule has 0 radical (unpaired) electrons. The minimum Gasteiger partial charge on any atom is -0.507 e.